The molecule has 3 N–H and O–H groups in total. The van der Waals surface area contributed by atoms with Gasteiger partial charge >= 0.3 is 0 Å². The maximum absolute atomic E-state index is 8.55. The van der Waals surface area contributed by atoms with Crippen LogP contribution >= 0.6 is 11.8 Å². The zero-order valence-electron chi connectivity index (χ0n) is 10.3. The second-order valence-corrected chi connectivity index (χ2v) is 4.79. The van der Waals surface area contributed by atoms with E-state index in [0.29, 0.717) is 5.69 Å². The SMILES string of the molecule is COc1cccc(Sc2ccc(/C(N)=N/O)nc2)c1. The normalized spacial score (nSPS) is 11.3. The van der Waals surface area contributed by atoms with E-state index < -0.39 is 0 Å². The van der Waals surface area contributed by atoms with Gasteiger partial charge in [0.25, 0.3) is 0 Å². The van der Waals surface area contributed by atoms with E-state index in [4.69, 9.17) is 15.7 Å². The molecule has 0 saturated heterocycles. The minimum atomic E-state index is -0.00192. The maximum atomic E-state index is 8.55. The van der Waals surface area contributed by atoms with Crippen molar-refractivity contribution in [3.8, 4) is 5.75 Å². The molecule has 98 valence electrons. The predicted octanol–water partition coefficient (Wildman–Crippen LogP) is 2.34. The smallest absolute Gasteiger partial charge is 0.188 e. The highest BCUT2D eigenvalue weighted by Crippen LogP contribution is 2.29. The van der Waals surface area contributed by atoms with Crippen LogP contribution in [0.4, 0.5) is 0 Å². The van der Waals surface area contributed by atoms with Crippen molar-refractivity contribution in [1.29, 1.82) is 0 Å². The first-order valence-corrected chi connectivity index (χ1v) is 6.30. The van der Waals surface area contributed by atoms with Gasteiger partial charge in [0.2, 0.25) is 0 Å². The lowest BCUT2D eigenvalue weighted by Crippen LogP contribution is -2.14. The predicted molar refractivity (Wildman–Crippen MR) is 73.9 cm³/mol. The Kier molecular flexibility index (Phi) is 4.25. The highest BCUT2D eigenvalue weighted by atomic mass is 32.2. The second kappa shape index (κ2) is 6.10. The molecule has 19 heavy (non-hydrogen) atoms. The number of pyridine rings is 1. The van der Waals surface area contributed by atoms with Crippen LogP contribution in [-0.4, -0.2) is 23.1 Å². The summed E-state index contributed by atoms with van der Waals surface area (Å²) in [5.74, 6) is 0.809. The average Bonchev–Trinajstić information content (AvgIpc) is 2.47. The lowest BCUT2D eigenvalue weighted by Gasteiger charge is -2.04. The first-order chi connectivity index (χ1) is 9.22. The van der Waals surface area contributed by atoms with E-state index in [9.17, 15) is 0 Å². The van der Waals surface area contributed by atoms with Gasteiger partial charge in [0.1, 0.15) is 11.4 Å². The molecule has 0 radical (unpaired) electrons. The van der Waals surface area contributed by atoms with Crippen LogP contribution in [0.15, 0.2) is 57.5 Å². The number of amidine groups is 1. The fourth-order valence-electron chi connectivity index (χ4n) is 1.44. The summed E-state index contributed by atoms with van der Waals surface area (Å²) in [6.07, 6.45) is 1.68. The molecular formula is C13H13N3O2S. The maximum Gasteiger partial charge on any atom is 0.188 e. The van der Waals surface area contributed by atoms with E-state index in [1.807, 2.05) is 30.3 Å². The number of ether oxygens (including phenoxy) is 1. The van der Waals surface area contributed by atoms with Gasteiger partial charge in [-0.2, -0.15) is 0 Å². The molecule has 0 aliphatic carbocycles. The standard InChI is InChI=1S/C13H13N3O2S/c1-18-9-3-2-4-10(7-9)19-11-5-6-12(15-8-11)13(14)16-17/h2-8,17H,1H3,(H2,14,16). The number of hydrogen-bond donors (Lipinski definition) is 2. The topological polar surface area (TPSA) is 80.7 Å². The van der Waals surface area contributed by atoms with E-state index in [0.717, 1.165) is 15.5 Å². The van der Waals surface area contributed by atoms with Crippen LogP contribution in [0.5, 0.6) is 5.75 Å². The van der Waals surface area contributed by atoms with Crippen molar-refractivity contribution in [1.82, 2.24) is 4.98 Å². The van der Waals surface area contributed by atoms with Gasteiger partial charge in [0.05, 0.1) is 7.11 Å². The third kappa shape index (κ3) is 3.38. The summed E-state index contributed by atoms with van der Waals surface area (Å²) < 4.78 is 5.17. The summed E-state index contributed by atoms with van der Waals surface area (Å²) >= 11 is 1.56. The van der Waals surface area contributed by atoms with Gasteiger partial charge in [-0.05, 0) is 30.3 Å². The molecule has 0 bridgehead atoms. The Morgan fingerprint density at radius 2 is 2.16 bits per heavy atom. The van der Waals surface area contributed by atoms with Crippen molar-refractivity contribution in [2.75, 3.05) is 7.11 Å². The molecule has 0 saturated carbocycles. The van der Waals surface area contributed by atoms with Crippen molar-refractivity contribution in [2.24, 2.45) is 10.9 Å². The Morgan fingerprint density at radius 3 is 2.79 bits per heavy atom. The molecule has 0 aliphatic rings. The summed E-state index contributed by atoms with van der Waals surface area (Å²) in [5, 5.41) is 11.5. The van der Waals surface area contributed by atoms with Crippen LogP contribution in [0.25, 0.3) is 0 Å². The molecule has 5 nitrogen and oxygen atoms in total. The molecule has 2 aromatic rings. The zero-order valence-corrected chi connectivity index (χ0v) is 11.1. The van der Waals surface area contributed by atoms with Crippen LogP contribution in [0.2, 0.25) is 0 Å². The van der Waals surface area contributed by atoms with Gasteiger partial charge in [-0.25, -0.2) is 0 Å². The first kappa shape index (κ1) is 13.2. The van der Waals surface area contributed by atoms with Crippen LogP contribution in [0.3, 0.4) is 0 Å². The van der Waals surface area contributed by atoms with Crippen molar-refractivity contribution in [3.05, 3.63) is 48.3 Å². The zero-order chi connectivity index (χ0) is 13.7. The Morgan fingerprint density at radius 1 is 1.32 bits per heavy atom. The number of hydrogen-bond acceptors (Lipinski definition) is 5. The van der Waals surface area contributed by atoms with E-state index in [2.05, 4.69) is 10.1 Å². The number of benzene rings is 1. The van der Waals surface area contributed by atoms with Crippen molar-refractivity contribution in [2.45, 2.75) is 9.79 Å². The highest BCUT2D eigenvalue weighted by Gasteiger charge is 2.03. The number of nitrogens with two attached hydrogens (primary N) is 1. The van der Waals surface area contributed by atoms with Crippen LogP contribution in [0, 0.1) is 0 Å². The lowest BCUT2D eigenvalue weighted by molar-refractivity contribution is 0.318. The van der Waals surface area contributed by atoms with Gasteiger partial charge in [-0.15, -0.1) is 0 Å². The van der Waals surface area contributed by atoms with Gasteiger partial charge in [-0.1, -0.05) is 23.0 Å². The number of methoxy groups -OCH3 is 1. The molecule has 1 aromatic heterocycles. The molecule has 1 aromatic carbocycles. The third-order valence-corrected chi connectivity index (χ3v) is 3.35. The molecule has 0 spiro atoms. The molecule has 1 heterocycles. The second-order valence-electron chi connectivity index (χ2n) is 3.65. The summed E-state index contributed by atoms with van der Waals surface area (Å²) in [4.78, 5) is 6.13. The summed E-state index contributed by atoms with van der Waals surface area (Å²) in [6, 6.07) is 11.3. The first-order valence-electron chi connectivity index (χ1n) is 5.49. The average molecular weight is 275 g/mol. The lowest BCUT2D eigenvalue weighted by atomic mass is 10.3. The fourth-order valence-corrected chi connectivity index (χ4v) is 2.28. The Labute approximate surface area is 115 Å². The van der Waals surface area contributed by atoms with Gasteiger partial charge < -0.3 is 15.7 Å². The Hall–Kier alpha value is -2.21. The molecule has 2 rings (SSSR count). The number of rotatable bonds is 4. The minimum absolute atomic E-state index is 0.00192. The van der Waals surface area contributed by atoms with Crippen molar-refractivity contribution in [3.63, 3.8) is 0 Å². The van der Waals surface area contributed by atoms with Crippen LogP contribution < -0.4 is 10.5 Å². The molecule has 6 heteroatoms. The molecule has 0 unspecified atom stereocenters. The van der Waals surface area contributed by atoms with Crippen LogP contribution in [-0.2, 0) is 0 Å². The van der Waals surface area contributed by atoms with Crippen molar-refractivity contribution >= 4 is 17.6 Å². The summed E-state index contributed by atoms with van der Waals surface area (Å²) in [6.45, 7) is 0. The van der Waals surface area contributed by atoms with Gasteiger partial charge in [-0.3, -0.25) is 4.98 Å². The number of aromatic nitrogens is 1. The van der Waals surface area contributed by atoms with Crippen molar-refractivity contribution < 1.29 is 9.94 Å². The Balaban J connectivity index is 2.15. The minimum Gasteiger partial charge on any atom is -0.497 e. The van der Waals surface area contributed by atoms with Gasteiger partial charge in [0.15, 0.2) is 5.84 Å². The largest absolute Gasteiger partial charge is 0.497 e. The summed E-state index contributed by atoms with van der Waals surface area (Å²) in [5.41, 5.74) is 5.89. The van der Waals surface area contributed by atoms with E-state index in [1.165, 1.54) is 0 Å². The molecule has 0 aliphatic heterocycles. The third-order valence-electron chi connectivity index (χ3n) is 2.38. The number of nitrogens with zero attached hydrogens (tertiary/aromatic N) is 2. The van der Waals surface area contributed by atoms with E-state index in [1.54, 1.807) is 31.1 Å². The summed E-state index contributed by atoms with van der Waals surface area (Å²) in [7, 11) is 1.64. The quantitative estimate of drug-likeness (QED) is 0.387. The Bertz CT molecular complexity index is 585. The molecule has 0 fully saturated rings. The molecule has 0 atom stereocenters. The fraction of sp³-hybridized carbons (Fsp3) is 0.0769. The monoisotopic (exact) mass is 275 g/mol. The van der Waals surface area contributed by atoms with Crippen LogP contribution in [0.1, 0.15) is 5.69 Å². The van der Waals surface area contributed by atoms with Gasteiger partial charge in [0, 0.05) is 16.0 Å². The number of oxime groups is 1. The van der Waals surface area contributed by atoms with E-state index in [-0.39, 0.29) is 5.84 Å². The van der Waals surface area contributed by atoms with E-state index >= 15 is 0 Å². The highest BCUT2D eigenvalue weighted by molar-refractivity contribution is 7.99. The molecule has 0 amide bonds. The molecular weight excluding hydrogens is 262 g/mol.